The number of likely N-dealkylation sites (tertiary alicyclic amines) is 1. The Morgan fingerprint density at radius 3 is 3.04 bits per heavy atom. The van der Waals surface area contributed by atoms with Gasteiger partial charge < -0.3 is 13.7 Å². The molecule has 0 saturated carbocycles. The summed E-state index contributed by atoms with van der Waals surface area (Å²) in [5.74, 6) is 1.04. The molecule has 1 amide bonds. The molecule has 0 bridgehead atoms. The number of aromatic nitrogens is 2. The Morgan fingerprint density at radius 2 is 2.20 bits per heavy atom. The van der Waals surface area contributed by atoms with Crippen molar-refractivity contribution in [3.63, 3.8) is 0 Å². The van der Waals surface area contributed by atoms with Crippen LogP contribution in [-0.2, 0) is 11.2 Å². The maximum Gasteiger partial charge on any atom is 0.229 e. The maximum absolute atomic E-state index is 13.1. The molecule has 3 aromatic rings. The first kappa shape index (κ1) is 15.9. The van der Waals surface area contributed by atoms with Crippen LogP contribution in [0.5, 0.6) is 0 Å². The second kappa shape index (κ2) is 6.75. The van der Waals surface area contributed by atoms with E-state index in [1.807, 2.05) is 52.9 Å². The molecule has 5 heteroatoms. The summed E-state index contributed by atoms with van der Waals surface area (Å²) in [6.07, 6.45) is 10.2. The van der Waals surface area contributed by atoms with Crippen LogP contribution in [0.4, 0.5) is 0 Å². The van der Waals surface area contributed by atoms with Gasteiger partial charge in [-0.1, -0.05) is 18.9 Å². The van der Waals surface area contributed by atoms with E-state index < -0.39 is 0 Å². The number of imidazole rings is 1. The number of furan rings is 1. The summed E-state index contributed by atoms with van der Waals surface area (Å²) in [5.41, 5.74) is 2.97. The van der Waals surface area contributed by atoms with Crippen molar-refractivity contribution in [1.29, 1.82) is 0 Å². The van der Waals surface area contributed by atoms with Gasteiger partial charge in [0.05, 0.1) is 24.4 Å². The number of aryl methyl sites for hydroxylation is 1. The number of fused-ring (bicyclic) bond motifs is 1. The van der Waals surface area contributed by atoms with Gasteiger partial charge in [-0.2, -0.15) is 0 Å². The van der Waals surface area contributed by atoms with E-state index in [1.54, 1.807) is 6.26 Å². The molecule has 0 aliphatic carbocycles. The fraction of sp³-hybridized carbons (Fsp3) is 0.400. The van der Waals surface area contributed by atoms with Crippen LogP contribution >= 0.6 is 0 Å². The predicted octanol–water partition coefficient (Wildman–Crippen LogP) is 3.92. The van der Waals surface area contributed by atoms with Crippen LogP contribution in [0.2, 0.25) is 0 Å². The monoisotopic (exact) mass is 337 g/mol. The highest BCUT2D eigenvalue weighted by Gasteiger charge is 2.29. The minimum atomic E-state index is 0.0471. The maximum atomic E-state index is 13.1. The average Bonchev–Trinajstić information content (AvgIpc) is 3.21. The van der Waals surface area contributed by atoms with E-state index in [0.717, 1.165) is 54.9 Å². The molecule has 0 N–H and O–H groups in total. The van der Waals surface area contributed by atoms with Crippen molar-refractivity contribution in [2.45, 2.75) is 45.1 Å². The van der Waals surface area contributed by atoms with E-state index in [4.69, 9.17) is 4.42 Å². The molecule has 0 radical (unpaired) electrons. The zero-order valence-electron chi connectivity index (χ0n) is 14.5. The van der Waals surface area contributed by atoms with Gasteiger partial charge in [0.15, 0.2) is 0 Å². The van der Waals surface area contributed by atoms with Crippen LogP contribution in [0.25, 0.3) is 5.65 Å². The Hall–Kier alpha value is -2.56. The van der Waals surface area contributed by atoms with Gasteiger partial charge in [-0.3, -0.25) is 4.79 Å². The standard InChI is InChI=1S/C20H23N3O2/c1-15-7-5-11-22-16(14-21-20(15)22)13-19(24)23-10-4-2-3-8-17(23)18-9-6-12-25-18/h5-7,9,11-12,14,17H,2-4,8,10,13H2,1H3/t17-/m1/s1. The van der Waals surface area contributed by atoms with E-state index in [0.29, 0.717) is 6.42 Å². The van der Waals surface area contributed by atoms with Gasteiger partial charge in [0.2, 0.25) is 5.91 Å². The summed E-state index contributed by atoms with van der Waals surface area (Å²) >= 11 is 0. The van der Waals surface area contributed by atoms with Crippen LogP contribution in [0, 0.1) is 6.92 Å². The quantitative estimate of drug-likeness (QED) is 0.728. The van der Waals surface area contributed by atoms with E-state index in [-0.39, 0.29) is 11.9 Å². The molecule has 1 aliphatic rings. The number of rotatable bonds is 3. The van der Waals surface area contributed by atoms with Crippen molar-refractivity contribution < 1.29 is 9.21 Å². The summed E-state index contributed by atoms with van der Waals surface area (Å²) in [4.78, 5) is 19.6. The van der Waals surface area contributed by atoms with Gasteiger partial charge in [0.1, 0.15) is 11.4 Å². The SMILES string of the molecule is Cc1cccn2c(CC(=O)N3CCCCC[C@@H]3c3ccco3)cnc12. The number of nitrogens with zero attached hydrogens (tertiary/aromatic N) is 3. The molecule has 1 atom stereocenters. The first-order valence-electron chi connectivity index (χ1n) is 8.98. The van der Waals surface area contributed by atoms with Gasteiger partial charge >= 0.3 is 0 Å². The van der Waals surface area contributed by atoms with Crippen molar-refractivity contribution in [2.75, 3.05) is 6.54 Å². The smallest absolute Gasteiger partial charge is 0.229 e. The molecule has 3 aromatic heterocycles. The molecule has 1 saturated heterocycles. The lowest BCUT2D eigenvalue weighted by molar-refractivity contribution is -0.133. The van der Waals surface area contributed by atoms with Gasteiger partial charge in [-0.15, -0.1) is 0 Å². The van der Waals surface area contributed by atoms with Crippen LogP contribution < -0.4 is 0 Å². The van der Waals surface area contributed by atoms with Crippen molar-refractivity contribution in [3.8, 4) is 0 Å². The molecular formula is C20H23N3O2. The van der Waals surface area contributed by atoms with Crippen molar-refractivity contribution >= 4 is 11.6 Å². The second-order valence-corrected chi connectivity index (χ2v) is 6.78. The number of hydrogen-bond acceptors (Lipinski definition) is 3. The Bertz CT molecular complexity index is 866. The van der Waals surface area contributed by atoms with Crippen LogP contribution in [0.3, 0.4) is 0 Å². The highest BCUT2D eigenvalue weighted by molar-refractivity contribution is 5.79. The Labute approximate surface area is 147 Å². The molecule has 0 unspecified atom stereocenters. The van der Waals surface area contributed by atoms with Crippen LogP contribution in [-0.4, -0.2) is 26.7 Å². The number of pyridine rings is 1. The second-order valence-electron chi connectivity index (χ2n) is 6.78. The molecule has 5 nitrogen and oxygen atoms in total. The fourth-order valence-corrected chi connectivity index (χ4v) is 3.77. The predicted molar refractivity (Wildman–Crippen MR) is 95.3 cm³/mol. The number of carbonyl (C=O) groups is 1. The molecule has 0 aromatic carbocycles. The minimum Gasteiger partial charge on any atom is -0.467 e. The lowest BCUT2D eigenvalue weighted by atomic mass is 10.1. The zero-order chi connectivity index (χ0) is 17.2. The number of amides is 1. The van der Waals surface area contributed by atoms with Gasteiger partial charge in [-0.05, 0) is 43.5 Å². The minimum absolute atomic E-state index is 0.0471. The molecule has 4 rings (SSSR count). The highest BCUT2D eigenvalue weighted by atomic mass is 16.3. The van der Waals surface area contributed by atoms with E-state index >= 15 is 0 Å². The van der Waals surface area contributed by atoms with Gasteiger partial charge in [0.25, 0.3) is 0 Å². The van der Waals surface area contributed by atoms with E-state index in [1.165, 1.54) is 0 Å². The van der Waals surface area contributed by atoms with Crippen molar-refractivity contribution in [3.05, 3.63) is 59.9 Å². The lowest BCUT2D eigenvalue weighted by Gasteiger charge is -2.28. The Balaban J connectivity index is 1.60. The molecular weight excluding hydrogens is 314 g/mol. The molecule has 1 fully saturated rings. The Kier molecular flexibility index (Phi) is 4.30. The average molecular weight is 337 g/mol. The molecule has 0 spiro atoms. The first-order valence-corrected chi connectivity index (χ1v) is 8.98. The number of hydrogen-bond donors (Lipinski definition) is 0. The topological polar surface area (TPSA) is 50.8 Å². The van der Waals surface area contributed by atoms with Crippen molar-refractivity contribution in [2.24, 2.45) is 0 Å². The van der Waals surface area contributed by atoms with Gasteiger partial charge in [0, 0.05) is 18.9 Å². The summed E-state index contributed by atoms with van der Waals surface area (Å²) < 4.78 is 7.64. The third-order valence-electron chi connectivity index (χ3n) is 5.08. The van der Waals surface area contributed by atoms with Crippen LogP contribution in [0.1, 0.15) is 48.7 Å². The van der Waals surface area contributed by atoms with E-state index in [2.05, 4.69) is 4.98 Å². The van der Waals surface area contributed by atoms with Crippen LogP contribution in [0.15, 0.2) is 47.3 Å². The summed E-state index contributed by atoms with van der Waals surface area (Å²) in [6.45, 7) is 2.83. The zero-order valence-corrected chi connectivity index (χ0v) is 14.5. The summed E-state index contributed by atoms with van der Waals surface area (Å²) in [7, 11) is 0. The molecule has 130 valence electrons. The molecule has 4 heterocycles. The van der Waals surface area contributed by atoms with Gasteiger partial charge in [-0.25, -0.2) is 4.98 Å². The first-order chi connectivity index (χ1) is 12.2. The summed E-state index contributed by atoms with van der Waals surface area (Å²) in [5, 5.41) is 0. The largest absolute Gasteiger partial charge is 0.467 e. The Morgan fingerprint density at radius 1 is 1.28 bits per heavy atom. The van der Waals surface area contributed by atoms with E-state index in [9.17, 15) is 4.79 Å². The summed E-state index contributed by atoms with van der Waals surface area (Å²) in [6, 6.07) is 7.96. The fourth-order valence-electron chi connectivity index (χ4n) is 3.77. The number of carbonyl (C=O) groups excluding carboxylic acids is 1. The third kappa shape index (κ3) is 3.06. The lowest BCUT2D eigenvalue weighted by Crippen LogP contribution is -2.36. The third-order valence-corrected chi connectivity index (χ3v) is 5.08. The highest BCUT2D eigenvalue weighted by Crippen LogP contribution is 2.31. The normalized spacial score (nSPS) is 18.4. The molecule has 25 heavy (non-hydrogen) atoms. The molecule has 1 aliphatic heterocycles. The van der Waals surface area contributed by atoms with Crippen molar-refractivity contribution in [1.82, 2.24) is 14.3 Å².